The molecule has 142 valence electrons. The lowest BCUT2D eigenvalue weighted by Crippen LogP contribution is -2.40. The number of para-hydroxylation sites is 1. The lowest BCUT2D eigenvalue weighted by atomic mass is 10.1. The Morgan fingerprint density at radius 1 is 1.04 bits per heavy atom. The summed E-state index contributed by atoms with van der Waals surface area (Å²) in [6.45, 7) is 1.71. The van der Waals surface area contributed by atoms with Crippen molar-refractivity contribution in [2.75, 3.05) is 33.9 Å². The molecule has 0 amide bonds. The van der Waals surface area contributed by atoms with Crippen molar-refractivity contribution >= 4 is 21.7 Å². The molecule has 4 rings (SSSR count). The summed E-state index contributed by atoms with van der Waals surface area (Å²) >= 11 is 0. The van der Waals surface area contributed by atoms with E-state index < -0.39 is 10.0 Å². The number of benzene rings is 2. The van der Waals surface area contributed by atoms with Crippen LogP contribution in [0.2, 0.25) is 0 Å². The van der Waals surface area contributed by atoms with Gasteiger partial charge in [0.25, 0.3) is 10.0 Å². The first-order chi connectivity index (χ1) is 13.0. The third-order valence-corrected chi connectivity index (χ3v) is 6.68. The van der Waals surface area contributed by atoms with E-state index in [4.69, 9.17) is 9.47 Å². The lowest BCUT2D eigenvalue weighted by Gasteiger charge is -2.27. The maximum atomic E-state index is 12.8. The monoisotopic (exact) mass is 387 g/mol. The van der Waals surface area contributed by atoms with Gasteiger partial charge in [-0.1, -0.05) is 18.2 Å². The van der Waals surface area contributed by atoms with E-state index in [0.29, 0.717) is 42.8 Å². The van der Waals surface area contributed by atoms with Crippen LogP contribution in [0.15, 0.2) is 52.4 Å². The summed E-state index contributed by atoms with van der Waals surface area (Å²) < 4.78 is 37.7. The SMILES string of the molecule is COc1ccc(CCN2CCN3C2=Nc2ccccc2S3(=O)=O)cc1OC. The Morgan fingerprint density at radius 2 is 1.81 bits per heavy atom. The molecule has 1 saturated heterocycles. The Hall–Kier alpha value is -2.74. The molecule has 2 aliphatic rings. The molecule has 2 heterocycles. The van der Waals surface area contributed by atoms with Gasteiger partial charge in [-0.25, -0.2) is 17.7 Å². The standard InChI is InChI=1S/C19H21N3O4S/c1-25-16-8-7-14(13-17(16)26-2)9-10-21-11-12-22-19(21)20-15-5-3-4-6-18(15)27(22,23)24/h3-8,13H,9-12H2,1-2H3. The van der Waals surface area contributed by atoms with E-state index in [0.717, 1.165) is 12.0 Å². The van der Waals surface area contributed by atoms with E-state index >= 15 is 0 Å². The Morgan fingerprint density at radius 3 is 2.59 bits per heavy atom. The number of aliphatic imine (C=N–C) groups is 1. The normalized spacial score (nSPS) is 17.2. The molecule has 0 N–H and O–H groups in total. The number of guanidine groups is 1. The highest BCUT2D eigenvalue weighted by Crippen LogP contribution is 2.34. The fraction of sp³-hybridized carbons (Fsp3) is 0.316. The van der Waals surface area contributed by atoms with Gasteiger partial charge in [0.1, 0.15) is 4.90 Å². The molecule has 2 aromatic rings. The van der Waals surface area contributed by atoms with Gasteiger partial charge in [0, 0.05) is 13.1 Å². The molecule has 0 atom stereocenters. The number of sulfonamides is 1. The van der Waals surface area contributed by atoms with Crippen LogP contribution in [0.3, 0.4) is 0 Å². The Labute approximate surface area is 158 Å². The summed E-state index contributed by atoms with van der Waals surface area (Å²) in [7, 11) is -0.314. The Kier molecular flexibility index (Phi) is 4.43. The molecule has 2 aliphatic heterocycles. The van der Waals surface area contributed by atoms with Crippen molar-refractivity contribution in [1.82, 2.24) is 9.21 Å². The highest BCUT2D eigenvalue weighted by molar-refractivity contribution is 7.90. The van der Waals surface area contributed by atoms with Gasteiger partial charge < -0.3 is 14.4 Å². The molecule has 27 heavy (non-hydrogen) atoms. The van der Waals surface area contributed by atoms with Gasteiger partial charge in [0.15, 0.2) is 11.5 Å². The molecule has 0 spiro atoms. The van der Waals surface area contributed by atoms with Crippen molar-refractivity contribution in [3.05, 3.63) is 48.0 Å². The first-order valence-corrected chi connectivity index (χ1v) is 10.1. The van der Waals surface area contributed by atoms with Crippen LogP contribution in [0.25, 0.3) is 0 Å². The average Bonchev–Trinajstić information content (AvgIpc) is 3.10. The second kappa shape index (κ2) is 6.77. The first-order valence-electron chi connectivity index (χ1n) is 8.71. The van der Waals surface area contributed by atoms with Crippen molar-refractivity contribution in [2.24, 2.45) is 4.99 Å². The van der Waals surface area contributed by atoms with Crippen LogP contribution >= 0.6 is 0 Å². The topological polar surface area (TPSA) is 71.4 Å². The van der Waals surface area contributed by atoms with E-state index in [9.17, 15) is 8.42 Å². The number of fused-ring (bicyclic) bond motifs is 2. The second-order valence-corrected chi connectivity index (χ2v) is 8.21. The molecule has 8 heteroatoms. The second-order valence-electron chi connectivity index (χ2n) is 6.38. The van der Waals surface area contributed by atoms with Crippen LogP contribution < -0.4 is 9.47 Å². The maximum Gasteiger partial charge on any atom is 0.268 e. The minimum atomic E-state index is -3.53. The summed E-state index contributed by atoms with van der Waals surface area (Å²) in [6.07, 6.45) is 0.745. The van der Waals surface area contributed by atoms with Gasteiger partial charge in [-0.3, -0.25) is 0 Å². The van der Waals surface area contributed by atoms with Gasteiger partial charge >= 0.3 is 0 Å². The Bertz CT molecular complexity index is 1000. The predicted octanol–water partition coefficient (Wildman–Crippen LogP) is 2.25. The quantitative estimate of drug-likeness (QED) is 0.787. The van der Waals surface area contributed by atoms with E-state index in [1.165, 1.54) is 4.31 Å². The Balaban J connectivity index is 1.56. The number of hydrogen-bond donors (Lipinski definition) is 0. The van der Waals surface area contributed by atoms with Crippen molar-refractivity contribution in [3.8, 4) is 11.5 Å². The molecule has 0 aromatic heterocycles. The van der Waals surface area contributed by atoms with Gasteiger partial charge in [-0.2, -0.15) is 0 Å². The molecular weight excluding hydrogens is 366 g/mol. The summed E-state index contributed by atoms with van der Waals surface area (Å²) in [5.74, 6) is 1.88. The van der Waals surface area contributed by atoms with Crippen LogP contribution in [-0.4, -0.2) is 57.4 Å². The van der Waals surface area contributed by atoms with Crippen molar-refractivity contribution in [3.63, 3.8) is 0 Å². The number of nitrogens with zero attached hydrogens (tertiary/aromatic N) is 3. The highest BCUT2D eigenvalue weighted by atomic mass is 32.2. The van der Waals surface area contributed by atoms with Gasteiger partial charge in [-0.15, -0.1) is 0 Å². The number of ether oxygens (including phenoxy) is 2. The van der Waals surface area contributed by atoms with Crippen LogP contribution in [0.5, 0.6) is 11.5 Å². The third kappa shape index (κ3) is 2.99. The molecule has 0 saturated carbocycles. The number of methoxy groups -OCH3 is 2. The first kappa shape index (κ1) is 17.7. The van der Waals surface area contributed by atoms with Crippen molar-refractivity contribution in [2.45, 2.75) is 11.3 Å². The number of rotatable bonds is 5. The van der Waals surface area contributed by atoms with E-state index in [2.05, 4.69) is 4.99 Å². The smallest absolute Gasteiger partial charge is 0.268 e. The summed E-state index contributed by atoms with van der Waals surface area (Å²) in [4.78, 5) is 6.89. The molecular formula is C19H21N3O4S. The fourth-order valence-electron chi connectivity index (χ4n) is 3.43. The molecule has 0 aliphatic carbocycles. The van der Waals surface area contributed by atoms with E-state index in [-0.39, 0.29) is 4.90 Å². The van der Waals surface area contributed by atoms with Gasteiger partial charge in [0.2, 0.25) is 5.96 Å². The molecule has 0 radical (unpaired) electrons. The van der Waals surface area contributed by atoms with E-state index in [1.54, 1.807) is 38.5 Å². The molecule has 2 aromatic carbocycles. The zero-order chi connectivity index (χ0) is 19.0. The fourth-order valence-corrected chi connectivity index (χ4v) is 4.99. The molecule has 0 unspecified atom stereocenters. The maximum absolute atomic E-state index is 12.8. The summed E-state index contributed by atoms with van der Waals surface area (Å²) in [5.41, 5.74) is 1.59. The summed E-state index contributed by atoms with van der Waals surface area (Å²) in [6, 6.07) is 12.7. The third-order valence-electron chi connectivity index (χ3n) is 4.85. The predicted molar refractivity (Wildman–Crippen MR) is 102 cm³/mol. The number of hydrogen-bond acceptors (Lipinski definition) is 6. The van der Waals surface area contributed by atoms with Crippen LogP contribution in [-0.2, 0) is 16.4 Å². The van der Waals surface area contributed by atoms with Crippen molar-refractivity contribution in [1.29, 1.82) is 0 Å². The highest BCUT2D eigenvalue weighted by Gasteiger charge is 2.40. The molecule has 1 fully saturated rings. The zero-order valence-electron chi connectivity index (χ0n) is 15.3. The lowest BCUT2D eigenvalue weighted by molar-refractivity contribution is 0.354. The molecule has 0 bridgehead atoms. The van der Waals surface area contributed by atoms with Gasteiger partial charge in [-0.05, 0) is 36.2 Å². The van der Waals surface area contributed by atoms with Crippen LogP contribution in [0.4, 0.5) is 5.69 Å². The zero-order valence-corrected chi connectivity index (χ0v) is 16.1. The van der Waals surface area contributed by atoms with E-state index in [1.807, 2.05) is 23.1 Å². The minimum Gasteiger partial charge on any atom is -0.493 e. The van der Waals surface area contributed by atoms with Crippen molar-refractivity contribution < 1.29 is 17.9 Å². The largest absolute Gasteiger partial charge is 0.493 e. The summed E-state index contributed by atoms with van der Waals surface area (Å²) in [5, 5.41) is 0. The van der Waals surface area contributed by atoms with Crippen LogP contribution in [0, 0.1) is 0 Å². The molecule has 7 nitrogen and oxygen atoms in total. The van der Waals surface area contributed by atoms with Gasteiger partial charge in [0.05, 0.1) is 26.5 Å². The minimum absolute atomic E-state index is 0.274. The average molecular weight is 387 g/mol. The van der Waals surface area contributed by atoms with Crippen LogP contribution in [0.1, 0.15) is 5.56 Å².